The highest BCUT2D eigenvalue weighted by Gasteiger charge is 2.04. The Hall–Kier alpha value is -1.68. The Morgan fingerprint density at radius 3 is 2.50 bits per heavy atom. The van der Waals surface area contributed by atoms with Crippen molar-refractivity contribution in [2.75, 3.05) is 6.26 Å². The molecule has 16 heavy (non-hydrogen) atoms. The zero-order valence-corrected chi connectivity index (χ0v) is 9.57. The summed E-state index contributed by atoms with van der Waals surface area (Å²) in [4.78, 5) is 19.2. The fraction of sp³-hybridized carbons (Fsp3) is 0.0833. The highest BCUT2D eigenvalue weighted by Crippen LogP contribution is 2.21. The van der Waals surface area contributed by atoms with Crippen LogP contribution in [0.1, 0.15) is 10.4 Å². The van der Waals surface area contributed by atoms with E-state index >= 15 is 0 Å². The molecule has 4 heteroatoms. The third kappa shape index (κ3) is 2.12. The molecular formula is C12H10N2OS. The van der Waals surface area contributed by atoms with E-state index in [4.69, 9.17) is 0 Å². The Labute approximate surface area is 97.9 Å². The average Bonchev–Trinajstić information content (AvgIpc) is 2.39. The van der Waals surface area contributed by atoms with Crippen molar-refractivity contribution in [2.45, 2.75) is 5.16 Å². The topological polar surface area (TPSA) is 42.9 Å². The van der Waals surface area contributed by atoms with Gasteiger partial charge in [0.2, 0.25) is 0 Å². The number of nitrogens with zero attached hydrogens (tertiary/aromatic N) is 2. The first-order chi connectivity index (χ1) is 7.85. The number of carbonyl (C=O) groups is 1. The summed E-state index contributed by atoms with van der Waals surface area (Å²) in [6.07, 6.45) is 6.24. The molecular weight excluding hydrogens is 220 g/mol. The maximum absolute atomic E-state index is 10.9. The van der Waals surface area contributed by atoms with Gasteiger partial charge in [-0.05, 0) is 11.8 Å². The molecule has 0 aliphatic rings. The van der Waals surface area contributed by atoms with Gasteiger partial charge in [-0.3, -0.25) is 4.79 Å². The third-order valence-electron chi connectivity index (χ3n) is 2.21. The molecule has 2 aromatic rings. The largest absolute Gasteiger partial charge is 0.298 e. The van der Waals surface area contributed by atoms with Gasteiger partial charge in [-0.25, -0.2) is 9.97 Å². The molecule has 0 fully saturated rings. The van der Waals surface area contributed by atoms with Crippen LogP contribution in [0.3, 0.4) is 0 Å². The first-order valence-corrected chi connectivity index (χ1v) is 5.98. The molecule has 0 aliphatic heterocycles. The molecule has 0 atom stereocenters. The Kier molecular flexibility index (Phi) is 3.31. The monoisotopic (exact) mass is 230 g/mol. The standard InChI is InChI=1S/C12H10N2OS/c1-16-12-13-6-10(7-14-12)11-5-3-2-4-9(11)8-15/h2-8H,1H3. The van der Waals surface area contributed by atoms with Gasteiger partial charge in [0, 0.05) is 23.5 Å². The Balaban J connectivity index is 2.46. The molecule has 0 N–H and O–H groups in total. The predicted octanol–water partition coefficient (Wildman–Crippen LogP) is 2.68. The smallest absolute Gasteiger partial charge is 0.187 e. The molecule has 0 radical (unpaired) electrons. The van der Waals surface area contributed by atoms with Crippen LogP contribution in [-0.4, -0.2) is 22.5 Å². The molecule has 1 aromatic carbocycles. The second kappa shape index (κ2) is 4.90. The van der Waals surface area contributed by atoms with Crippen LogP contribution in [0.25, 0.3) is 11.1 Å². The molecule has 0 aliphatic carbocycles. The van der Waals surface area contributed by atoms with E-state index in [-0.39, 0.29) is 0 Å². The van der Waals surface area contributed by atoms with Crippen molar-refractivity contribution < 1.29 is 4.79 Å². The van der Waals surface area contributed by atoms with Crippen LogP contribution >= 0.6 is 11.8 Å². The number of carbonyl (C=O) groups excluding carboxylic acids is 1. The second-order valence-corrected chi connectivity index (χ2v) is 3.94. The van der Waals surface area contributed by atoms with E-state index in [1.807, 2.05) is 24.5 Å². The average molecular weight is 230 g/mol. The first kappa shape index (κ1) is 10.8. The Morgan fingerprint density at radius 2 is 1.88 bits per heavy atom. The zero-order chi connectivity index (χ0) is 11.4. The zero-order valence-electron chi connectivity index (χ0n) is 8.75. The lowest BCUT2D eigenvalue weighted by molar-refractivity contribution is 0.112. The van der Waals surface area contributed by atoms with Crippen molar-refractivity contribution in [3.8, 4) is 11.1 Å². The third-order valence-corrected chi connectivity index (χ3v) is 2.79. The van der Waals surface area contributed by atoms with E-state index in [0.717, 1.165) is 22.6 Å². The summed E-state index contributed by atoms with van der Waals surface area (Å²) in [6, 6.07) is 7.40. The minimum atomic E-state index is 0.656. The van der Waals surface area contributed by atoms with Crippen molar-refractivity contribution in [1.29, 1.82) is 0 Å². The molecule has 2 rings (SSSR count). The molecule has 0 saturated carbocycles. The van der Waals surface area contributed by atoms with Gasteiger partial charge in [-0.1, -0.05) is 36.0 Å². The number of thioether (sulfide) groups is 1. The van der Waals surface area contributed by atoms with E-state index < -0.39 is 0 Å². The van der Waals surface area contributed by atoms with E-state index in [0.29, 0.717) is 5.56 Å². The SMILES string of the molecule is CSc1ncc(-c2ccccc2C=O)cn1. The maximum atomic E-state index is 10.9. The maximum Gasteiger partial charge on any atom is 0.187 e. The number of aldehydes is 1. The summed E-state index contributed by atoms with van der Waals surface area (Å²) in [6.45, 7) is 0. The Bertz CT molecular complexity index is 497. The fourth-order valence-electron chi connectivity index (χ4n) is 1.42. The van der Waals surface area contributed by atoms with Gasteiger partial charge in [0.05, 0.1) is 0 Å². The lowest BCUT2D eigenvalue weighted by Crippen LogP contribution is -1.90. The van der Waals surface area contributed by atoms with Gasteiger partial charge in [-0.15, -0.1) is 0 Å². The van der Waals surface area contributed by atoms with Crippen molar-refractivity contribution >= 4 is 18.0 Å². The summed E-state index contributed by atoms with van der Waals surface area (Å²) >= 11 is 1.49. The lowest BCUT2D eigenvalue weighted by Gasteiger charge is -2.03. The molecule has 0 spiro atoms. The van der Waals surface area contributed by atoms with Crippen LogP contribution in [0.4, 0.5) is 0 Å². The highest BCUT2D eigenvalue weighted by atomic mass is 32.2. The number of benzene rings is 1. The van der Waals surface area contributed by atoms with E-state index in [1.54, 1.807) is 18.5 Å². The number of hydrogen-bond donors (Lipinski definition) is 0. The van der Waals surface area contributed by atoms with Crippen molar-refractivity contribution in [3.63, 3.8) is 0 Å². The molecule has 3 nitrogen and oxygen atoms in total. The summed E-state index contributed by atoms with van der Waals surface area (Å²) in [5, 5.41) is 0.729. The van der Waals surface area contributed by atoms with E-state index in [2.05, 4.69) is 9.97 Å². The lowest BCUT2D eigenvalue weighted by atomic mass is 10.0. The predicted molar refractivity (Wildman–Crippen MR) is 64.6 cm³/mol. The van der Waals surface area contributed by atoms with Crippen molar-refractivity contribution in [2.24, 2.45) is 0 Å². The van der Waals surface area contributed by atoms with Gasteiger partial charge in [0.15, 0.2) is 11.4 Å². The van der Waals surface area contributed by atoms with Crippen LogP contribution in [0.15, 0.2) is 41.8 Å². The molecule has 80 valence electrons. The highest BCUT2D eigenvalue weighted by molar-refractivity contribution is 7.98. The number of rotatable bonds is 3. The minimum absolute atomic E-state index is 0.656. The second-order valence-electron chi connectivity index (χ2n) is 3.16. The molecule has 0 unspecified atom stereocenters. The van der Waals surface area contributed by atoms with Gasteiger partial charge in [0.25, 0.3) is 0 Å². The van der Waals surface area contributed by atoms with Gasteiger partial charge in [-0.2, -0.15) is 0 Å². The van der Waals surface area contributed by atoms with Gasteiger partial charge in [0.1, 0.15) is 0 Å². The van der Waals surface area contributed by atoms with Crippen molar-refractivity contribution in [3.05, 3.63) is 42.2 Å². The summed E-state index contributed by atoms with van der Waals surface area (Å²) < 4.78 is 0. The molecule has 0 saturated heterocycles. The number of aromatic nitrogens is 2. The van der Waals surface area contributed by atoms with Crippen LogP contribution in [0.5, 0.6) is 0 Å². The first-order valence-electron chi connectivity index (χ1n) is 4.76. The summed E-state index contributed by atoms with van der Waals surface area (Å²) in [7, 11) is 0. The van der Waals surface area contributed by atoms with E-state index in [1.165, 1.54) is 11.8 Å². The van der Waals surface area contributed by atoms with Crippen LogP contribution in [0.2, 0.25) is 0 Å². The summed E-state index contributed by atoms with van der Waals surface area (Å²) in [5.41, 5.74) is 2.38. The van der Waals surface area contributed by atoms with Gasteiger partial charge < -0.3 is 0 Å². The fourth-order valence-corrected chi connectivity index (χ4v) is 1.74. The van der Waals surface area contributed by atoms with Crippen molar-refractivity contribution in [1.82, 2.24) is 9.97 Å². The minimum Gasteiger partial charge on any atom is -0.298 e. The van der Waals surface area contributed by atoms with Gasteiger partial charge >= 0.3 is 0 Å². The molecule has 1 aromatic heterocycles. The Morgan fingerprint density at radius 1 is 1.19 bits per heavy atom. The summed E-state index contributed by atoms with van der Waals surface area (Å²) in [5.74, 6) is 0. The van der Waals surface area contributed by atoms with Crippen LogP contribution in [-0.2, 0) is 0 Å². The number of hydrogen-bond acceptors (Lipinski definition) is 4. The molecule has 1 heterocycles. The molecule has 0 bridgehead atoms. The normalized spacial score (nSPS) is 10.1. The van der Waals surface area contributed by atoms with Crippen LogP contribution < -0.4 is 0 Å². The molecule has 0 amide bonds. The quantitative estimate of drug-likeness (QED) is 0.462. The van der Waals surface area contributed by atoms with E-state index in [9.17, 15) is 4.79 Å². The van der Waals surface area contributed by atoms with Crippen LogP contribution in [0, 0.1) is 0 Å².